The van der Waals surface area contributed by atoms with Gasteiger partial charge < -0.3 is 15.6 Å². The molecule has 2 heterocycles. The van der Waals surface area contributed by atoms with Gasteiger partial charge in [-0.2, -0.15) is 0 Å². The lowest BCUT2D eigenvalue weighted by Crippen LogP contribution is -2.55. The van der Waals surface area contributed by atoms with Gasteiger partial charge in [0.1, 0.15) is 5.82 Å². The van der Waals surface area contributed by atoms with E-state index in [0.29, 0.717) is 18.8 Å². The van der Waals surface area contributed by atoms with E-state index >= 15 is 0 Å². The van der Waals surface area contributed by atoms with Gasteiger partial charge >= 0.3 is 0 Å². The van der Waals surface area contributed by atoms with Gasteiger partial charge in [0.2, 0.25) is 5.91 Å². The molecule has 7 nitrogen and oxygen atoms in total. The van der Waals surface area contributed by atoms with Crippen LogP contribution in [0.5, 0.6) is 0 Å². The Morgan fingerprint density at radius 1 is 1.15 bits per heavy atom. The molecule has 3 rings (SSSR count). The minimum Gasteiger partial charge on any atom is -0.345 e. The van der Waals surface area contributed by atoms with E-state index in [2.05, 4.69) is 20.6 Å². The second-order valence-electron chi connectivity index (χ2n) is 5.99. The zero-order chi connectivity index (χ0) is 17.2. The number of sulfone groups is 1. The minimum absolute atomic E-state index is 0. The van der Waals surface area contributed by atoms with Crippen LogP contribution in [0.25, 0.3) is 11.4 Å². The monoisotopic (exact) mass is 420 g/mol. The van der Waals surface area contributed by atoms with Crippen molar-refractivity contribution in [1.29, 1.82) is 0 Å². The molecule has 0 saturated carbocycles. The lowest BCUT2D eigenvalue weighted by atomic mass is 9.95. The van der Waals surface area contributed by atoms with Crippen LogP contribution in [0.3, 0.4) is 0 Å². The molecule has 144 valence electrons. The fraction of sp³-hybridized carbons (Fsp3) is 0.375. The van der Waals surface area contributed by atoms with Crippen LogP contribution in [0, 0.1) is 0 Å². The first-order valence-electron chi connectivity index (χ1n) is 7.74. The molecule has 0 radical (unpaired) electrons. The Bertz CT molecular complexity index is 818. The summed E-state index contributed by atoms with van der Waals surface area (Å²) in [7, 11) is -3.52. The predicted octanol–water partition coefficient (Wildman–Crippen LogP) is 2.03. The Morgan fingerprint density at radius 2 is 1.77 bits per heavy atom. The van der Waals surface area contributed by atoms with E-state index < -0.39 is 20.5 Å². The van der Waals surface area contributed by atoms with Crippen LogP contribution >= 0.6 is 24.8 Å². The smallest absolute Gasteiger partial charge is 0.245 e. The first-order valence-corrected chi connectivity index (χ1v) is 9.63. The van der Waals surface area contributed by atoms with Crippen LogP contribution in [0.1, 0.15) is 12.8 Å². The third-order valence-electron chi connectivity index (χ3n) is 4.45. The van der Waals surface area contributed by atoms with Crippen LogP contribution < -0.4 is 10.6 Å². The van der Waals surface area contributed by atoms with E-state index in [9.17, 15) is 13.2 Å². The van der Waals surface area contributed by atoms with Crippen molar-refractivity contribution in [3.8, 4) is 11.4 Å². The number of anilines is 1. The maximum Gasteiger partial charge on any atom is 0.245 e. The van der Waals surface area contributed by atoms with Gasteiger partial charge in [0, 0.05) is 29.9 Å². The minimum atomic E-state index is -3.52. The number of carbonyl (C=O) groups excluding carboxylic acids is 1. The normalized spacial score (nSPS) is 16.0. The zero-order valence-corrected chi connectivity index (χ0v) is 16.6. The van der Waals surface area contributed by atoms with Crippen molar-refractivity contribution in [3.63, 3.8) is 0 Å². The quantitative estimate of drug-likeness (QED) is 0.701. The summed E-state index contributed by atoms with van der Waals surface area (Å²) in [6.07, 6.45) is 5.10. The Morgan fingerprint density at radius 3 is 2.27 bits per heavy atom. The number of aromatic amines is 1. The number of carbonyl (C=O) groups is 1. The summed E-state index contributed by atoms with van der Waals surface area (Å²) in [6.45, 7) is 1.02. The molecule has 2 aromatic rings. The van der Waals surface area contributed by atoms with Crippen LogP contribution in [0.2, 0.25) is 0 Å². The molecule has 0 atom stereocenters. The van der Waals surface area contributed by atoms with Crippen molar-refractivity contribution in [2.24, 2.45) is 0 Å². The van der Waals surface area contributed by atoms with Crippen molar-refractivity contribution in [2.45, 2.75) is 17.6 Å². The summed E-state index contributed by atoms with van der Waals surface area (Å²) in [5, 5.41) is 5.85. The Kier molecular flexibility index (Phi) is 7.64. The van der Waals surface area contributed by atoms with E-state index in [1.165, 1.54) is 0 Å². The molecule has 1 aliphatic rings. The fourth-order valence-electron chi connectivity index (χ4n) is 2.98. The molecule has 0 spiro atoms. The molecule has 3 N–H and O–H groups in total. The van der Waals surface area contributed by atoms with Crippen molar-refractivity contribution >= 4 is 46.2 Å². The molecule has 1 fully saturated rings. The molecule has 1 aromatic carbocycles. The average molecular weight is 421 g/mol. The predicted molar refractivity (Wildman–Crippen MR) is 107 cm³/mol. The van der Waals surface area contributed by atoms with E-state index in [4.69, 9.17) is 0 Å². The second kappa shape index (κ2) is 8.85. The van der Waals surface area contributed by atoms with Gasteiger partial charge in [0.25, 0.3) is 0 Å². The molecule has 1 aromatic heterocycles. The second-order valence-corrected chi connectivity index (χ2v) is 8.31. The van der Waals surface area contributed by atoms with Crippen LogP contribution in [-0.2, 0) is 14.6 Å². The van der Waals surface area contributed by atoms with Gasteiger partial charge in [-0.05, 0) is 50.2 Å². The number of hydrogen-bond acceptors (Lipinski definition) is 5. The molecule has 1 saturated heterocycles. The maximum atomic E-state index is 12.7. The molecule has 1 aliphatic heterocycles. The summed E-state index contributed by atoms with van der Waals surface area (Å²) >= 11 is 0. The number of hydrogen-bond donors (Lipinski definition) is 3. The SMILES string of the molecule is CS(=O)(=O)C1(C(=O)Nc2ccc(-c3ncc[nH]3)cc2)CCNCC1.Cl.Cl. The highest BCUT2D eigenvalue weighted by molar-refractivity contribution is 7.92. The highest BCUT2D eigenvalue weighted by Crippen LogP contribution is 2.29. The molecular formula is C16H22Cl2N4O3S. The summed E-state index contributed by atoms with van der Waals surface area (Å²) in [6, 6.07) is 7.13. The van der Waals surface area contributed by atoms with E-state index in [1.54, 1.807) is 24.5 Å². The van der Waals surface area contributed by atoms with E-state index in [0.717, 1.165) is 17.6 Å². The number of aromatic nitrogens is 2. The van der Waals surface area contributed by atoms with Gasteiger partial charge in [0.05, 0.1) is 0 Å². The van der Waals surface area contributed by atoms with Crippen molar-refractivity contribution in [3.05, 3.63) is 36.7 Å². The van der Waals surface area contributed by atoms with Crippen LogP contribution in [0.4, 0.5) is 5.69 Å². The Hall–Kier alpha value is -1.61. The van der Waals surface area contributed by atoms with Gasteiger partial charge in [-0.25, -0.2) is 13.4 Å². The summed E-state index contributed by atoms with van der Waals surface area (Å²) in [5.74, 6) is 0.274. The third-order valence-corrected chi connectivity index (χ3v) is 6.46. The number of imidazole rings is 1. The topological polar surface area (TPSA) is 104 Å². The number of H-pyrrole nitrogens is 1. The van der Waals surface area contributed by atoms with Crippen LogP contribution in [0.15, 0.2) is 36.7 Å². The molecule has 10 heteroatoms. The van der Waals surface area contributed by atoms with Gasteiger partial charge in [-0.1, -0.05) is 0 Å². The third kappa shape index (κ3) is 4.37. The lowest BCUT2D eigenvalue weighted by Gasteiger charge is -2.34. The van der Waals surface area contributed by atoms with Crippen molar-refractivity contribution < 1.29 is 13.2 Å². The summed E-state index contributed by atoms with van der Waals surface area (Å²) in [5.41, 5.74) is 1.45. The maximum absolute atomic E-state index is 12.7. The summed E-state index contributed by atoms with van der Waals surface area (Å²) < 4.78 is 23.1. The largest absolute Gasteiger partial charge is 0.345 e. The number of nitrogens with zero attached hydrogens (tertiary/aromatic N) is 1. The summed E-state index contributed by atoms with van der Waals surface area (Å²) in [4.78, 5) is 19.9. The fourth-order valence-corrected chi connectivity index (χ4v) is 4.31. The average Bonchev–Trinajstić information content (AvgIpc) is 3.09. The zero-order valence-electron chi connectivity index (χ0n) is 14.2. The lowest BCUT2D eigenvalue weighted by molar-refractivity contribution is -0.119. The highest BCUT2D eigenvalue weighted by Gasteiger charge is 2.48. The number of halogens is 2. The van der Waals surface area contributed by atoms with Crippen LogP contribution in [-0.4, -0.2) is 48.4 Å². The Labute approximate surface area is 165 Å². The molecule has 26 heavy (non-hydrogen) atoms. The van der Waals surface area contributed by atoms with E-state index in [-0.39, 0.29) is 37.7 Å². The number of piperidine rings is 1. The highest BCUT2D eigenvalue weighted by atomic mass is 35.5. The van der Waals surface area contributed by atoms with Crippen molar-refractivity contribution in [1.82, 2.24) is 15.3 Å². The Balaban J connectivity index is 0.00000169. The van der Waals surface area contributed by atoms with Gasteiger partial charge in [0.15, 0.2) is 14.6 Å². The van der Waals surface area contributed by atoms with Gasteiger partial charge in [-0.3, -0.25) is 4.79 Å². The standard InChI is InChI=1S/C16H20N4O3S.2ClH/c1-24(22,23)16(6-8-17-9-7-16)15(21)20-13-4-2-12(3-5-13)14-18-10-11-19-14;;/h2-5,10-11,17H,6-9H2,1H3,(H,18,19)(H,20,21);2*1H. The number of amides is 1. The van der Waals surface area contributed by atoms with Gasteiger partial charge in [-0.15, -0.1) is 24.8 Å². The number of benzene rings is 1. The number of nitrogens with one attached hydrogen (secondary N) is 3. The molecular weight excluding hydrogens is 399 g/mol. The molecule has 0 aliphatic carbocycles. The molecule has 0 bridgehead atoms. The van der Waals surface area contributed by atoms with Crippen molar-refractivity contribution in [2.75, 3.05) is 24.7 Å². The molecule has 1 amide bonds. The first-order chi connectivity index (χ1) is 11.4. The first kappa shape index (κ1) is 22.4. The number of rotatable bonds is 4. The van der Waals surface area contributed by atoms with E-state index in [1.807, 2.05) is 12.1 Å². The molecule has 0 unspecified atom stereocenters.